The Morgan fingerprint density at radius 1 is 1.35 bits per heavy atom. The van der Waals surface area contributed by atoms with E-state index >= 15 is 0 Å². The molecule has 0 radical (unpaired) electrons. The van der Waals surface area contributed by atoms with Gasteiger partial charge in [-0.2, -0.15) is 8.78 Å². The molecule has 112 valence electrons. The fourth-order valence-electron chi connectivity index (χ4n) is 1.62. The van der Waals surface area contributed by atoms with Crippen LogP contribution >= 0.6 is 11.6 Å². The van der Waals surface area contributed by atoms with Crippen molar-refractivity contribution in [3.63, 3.8) is 0 Å². The predicted molar refractivity (Wildman–Crippen MR) is 74.6 cm³/mol. The molecule has 0 atom stereocenters. The van der Waals surface area contributed by atoms with Gasteiger partial charge in [0.05, 0.1) is 5.02 Å². The van der Waals surface area contributed by atoms with E-state index in [-0.39, 0.29) is 22.8 Å². The van der Waals surface area contributed by atoms with Crippen LogP contribution in [0.3, 0.4) is 0 Å². The highest BCUT2D eigenvalue weighted by atomic mass is 35.5. The van der Waals surface area contributed by atoms with Crippen LogP contribution in [-0.2, 0) is 0 Å². The van der Waals surface area contributed by atoms with Gasteiger partial charge in [-0.15, -0.1) is 0 Å². The Morgan fingerprint density at radius 2 is 2.00 bits per heavy atom. The van der Waals surface area contributed by atoms with Crippen molar-refractivity contribution in [1.82, 2.24) is 5.32 Å². The van der Waals surface area contributed by atoms with Crippen molar-refractivity contribution in [3.05, 3.63) is 23.2 Å². The number of nitrogens with one attached hydrogen (secondary N) is 2. The van der Waals surface area contributed by atoms with Gasteiger partial charge in [0, 0.05) is 11.7 Å². The van der Waals surface area contributed by atoms with Crippen LogP contribution in [0, 0.1) is 0 Å². The lowest BCUT2D eigenvalue weighted by Crippen LogP contribution is -2.37. The average Bonchev–Trinajstić information content (AvgIpc) is 2.38. The molecule has 0 fully saturated rings. The average molecular weight is 307 g/mol. The van der Waals surface area contributed by atoms with E-state index in [0.29, 0.717) is 5.69 Å². The Balaban J connectivity index is 2.64. The van der Waals surface area contributed by atoms with Gasteiger partial charge in [-0.3, -0.25) is 0 Å². The highest BCUT2D eigenvalue weighted by Gasteiger charge is 2.11. The molecule has 0 saturated heterocycles. The summed E-state index contributed by atoms with van der Waals surface area (Å²) in [6.45, 7) is 1.01. The van der Waals surface area contributed by atoms with Gasteiger partial charge in [0.25, 0.3) is 0 Å². The zero-order valence-corrected chi connectivity index (χ0v) is 12.0. The monoisotopic (exact) mass is 306 g/mol. The van der Waals surface area contributed by atoms with Crippen LogP contribution in [0.15, 0.2) is 18.2 Å². The second-order valence-electron chi connectivity index (χ2n) is 4.14. The minimum absolute atomic E-state index is 0.00522. The first-order chi connectivity index (χ1) is 9.46. The molecule has 0 aliphatic rings. The largest absolute Gasteiger partial charge is 0.433 e. The third-order valence-electron chi connectivity index (χ3n) is 2.73. The molecular formula is C13H17ClF2N2O2. The highest BCUT2D eigenvalue weighted by molar-refractivity contribution is 6.32. The molecular weight excluding hydrogens is 290 g/mol. The number of ether oxygens (including phenoxy) is 1. The summed E-state index contributed by atoms with van der Waals surface area (Å²) < 4.78 is 28.4. The molecule has 7 heteroatoms. The Bertz CT molecular complexity index is 454. The van der Waals surface area contributed by atoms with Crippen LogP contribution in [0.4, 0.5) is 19.3 Å². The molecule has 0 saturated carbocycles. The normalized spacial score (nSPS) is 10.8. The van der Waals surface area contributed by atoms with Crippen molar-refractivity contribution in [3.8, 4) is 5.75 Å². The molecule has 4 nitrogen and oxygen atoms in total. The first-order valence-electron chi connectivity index (χ1n) is 6.28. The number of rotatable bonds is 6. The smallest absolute Gasteiger partial charge is 0.387 e. The van der Waals surface area contributed by atoms with E-state index < -0.39 is 6.61 Å². The fourth-order valence-corrected chi connectivity index (χ4v) is 1.84. The third kappa shape index (κ3) is 5.21. The lowest BCUT2D eigenvalue weighted by atomic mass is 10.2. The van der Waals surface area contributed by atoms with E-state index in [0.717, 1.165) is 12.8 Å². The second-order valence-corrected chi connectivity index (χ2v) is 4.54. The molecule has 20 heavy (non-hydrogen) atoms. The Kier molecular flexibility index (Phi) is 6.51. The minimum Gasteiger partial charge on any atom is -0.433 e. The van der Waals surface area contributed by atoms with Crippen molar-refractivity contribution >= 4 is 23.3 Å². The number of anilines is 1. The SMILES string of the molecule is CCC(CC)NC(=O)Nc1ccc(OC(F)F)c(Cl)c1. The van der Waals surface area contributed by atoms with Crippen LogP contribution in [-0.4, -0.2) is 18.7 Å². The van der Waals surface area contributed by atoms with Crippen molar-refractivity contribution in [1.29, 1.82) is 0 Å². The van der Waals surface area contributed by atoms with Crippen molar-refractivity contribution in [2.24, 2.45) is 0 Å². The minimum atomic E-state index is -2.94. The first-order valence-corrected chi connectivity index (χ1v) is 6.65. The van der Waals surface area contributed by atoms with Crippen LogP contribution in [0.5, 0.6) is 5.75 Å². The Labute approximate surface area is 121 Å². The first kappa shape index (κ1) is 16.5. The van der Waals surface area contributed by atoms with Gasteiger partial charge in [0.2, 0.25) is 0 Å². The molecule has 0 aliphatic heterocycles. The van der Waals surface area contributed by atoms with Gasteiger partial charge in [-0.25, -0.2) is 4.79 Å². The molecule has 1 aromatic rings. The maximum Gasteiger partial charge on any atom is 0.387 e. The number of hydrogen-bond donors (Lipinski definition) is 2. The lowest BCUT2D eigenvalue weighted by molar-refractivity contribution is -0.0497. The van der Waals surface area contributed by atoms with Gasteiger partial charge in [0.1, 0.15) is 5.75 Å². The maximum absolute atomic E-state index is 12.1. The van der Waals surface area contributed by atoms with E-state index in [1.54, 1.807) is 0 Å². The van der Waals surface area contributed by atoms with Crippen LogP contribution in [0.1, 0.15) is 26.7 Å². The quantitative estimate of drug-likeness (QED) is 0.825. The standard InChI is InChI=1S/C13H17ClF2N2O2/c1-3-8(4-2)17-13(19)18-9-5-6-11(10(14)7-9)20-12(15)16/h5-8,12H,3-4H2,1-2H3,(H2,17,18,19). The van der Waals surface area contributed by atoms with Crippen LogP contribution in [0.25, 0.3) is 0 Å². The van der Waals surface area contributed by atoms with E-state index in [4.69, 9.17) is 11.6 Å². The summed E-state index contributed by atoms with van der Waals surface area (Å²) in [5.74, 6) is -0.132. The number of benzene rings is 1. The number of urea groups is 1. The molecule has 0 unspecified atom stereocenters. The summed E-state index contributed by atoms with van der Waals surface area (Å²) in [5.41, 5.74) is 0.403. The molecule has 2 amide bonds. The van der Waals surface area contributed by atoms with Gasteiger partial charge in [-0.1, -0.05) is 25.4 Å². The molecule has 0 heterocycles. The summed E-state index contributed by atoms with van der Waals surface area (Å²) >= 11 is 5.79. The second kappa shape index (κ2) is 7.89. The topological polar surface area (TPSA) is 50.4 Å². The van der Waals surface area contributed by atoms with Gasteiger partial charge >= 0.3 is 12.6 Å². The summed E-state index contributed by atoms with van der Waals surface area (Å²) in [6, 6.07) is 3.80. The van der Waals surface area contributed by atoms with Gasteiger partial charge in [-0.05, 0) is 31.0 Å². The summed E-state index contributed by atoms with van der Waals surface area (Å²) in [5, 5.41) is 5.38. The molecule has 0 aliphatic carbocycles. The lowest BCUT2D eigenvalue weighted by Gasteiger charge is -2.15. The molecule has 0 spiro atoms. The Hall–Kier alpha value is -1.56. The molecule has 2 N–H and O–H groups in total. The van der Waals surface area contributed by atoms with Crippen LogP contribution in [0.2, 0.25) is 5.02 Å². The summed E-state index contributed by atoms with van der Waals surface area (Å²) in [7, 11) is 0. The van der Waals surface area contributed by atoms with Crippen molar-refractivity contribution < 1.29 is 18.3 Å². The number of carbonyl (C=O) groups is 1. The van der Waals surface area contributed by atoms with E-state index in [1.807, 2.05) is 13.8 Å². The zero-order valence-electron chi connectivity index (χ0n) is 11.3. The molecule has 0 bridgehead atoms. The number of carbonyl (C=O) groups excluding carboxylic acids is 1. The van der Waals surface area contributed by atoms with E-state index in [2.05, 4.69) is 15.4 Å². The summed E-state index contributed by atoms with van der Waals surface area (Å²) in [6.07, 6.45) is 1.65. The van der Waals surface area contributed by atoms with E-state index in [1.165, 1.54) is 18.2 Å². The molecule has 1 aromatic carbocycles. The van der Waals surface area contributed by atoms with Crippen molar-refractivity contribution in [2.75, 3.05) is 5.32 Å². The molecule has 0 aromatic heterocycles. The Morgan fingerprint density at radius 3 is 2.50 bits per heavy atom. The zero-order chi connectivity index (χ0) is 15.1. The third-order valence-corrected chi connectivity index (χ3v) is 3.02. The van der Waals surface area contributed by atoms with E-state index in [9.17, 15) is 13.6 Å². The highest BCUT2D eigenvalue weighted by Crippen LogP contribution is 2.28. The van der Waals surface area contributed by atoms with Gasteiger partial charge in [0.15, 0.2) is 0 Å². The number of alkyl halides is 2. The fraction of sp³-hybridized carbons (Fsp3) is 0.462. The van der Waals surface area contributed by atoms with Gasteiger partial charge < -0.3 is 15.4 Å². The number of halogens is 3. The maximum atomic E-state index is 12.1. The predicted octanol–water partition coefficient (Wildman–Crippen LogP) is 4.25. The summed E-state index contributed by atoms with van der Waals surface area (Å²) in [4.78, 5) is 11.7. The van der Waals surface area contributed by atoms with Crippen LogP contribution < -0.4 is 15.4 Å². The molecule has 1 rings (SSSR count). The number of amides is 2. The number of hydrogen-bond acceptors (Lipinski definition) is 2. The van der Waals surface area contributed by atoms with Crippen molar-refractivity contribution in [2.45, 2.75) is 39.3 Å².